The summed E-state index contributed by atoms with van der Waals surface area (Å²) in [5.41, 5.74) is 2.32. The summed E-state index contributed by atoms with van der Waals surface area (Å²) in [5, 5.41) is 4.24. The van der Waals surface area contributed by atoms with Gasteiger partial charge in [0.15, 0.2) is 0 Å². The standard InChI is InChI=1S/C11H8N3.Ir/c1-12-10-5-3-4-9(8-10)11-6-7-14(2)13-11;/h3,5-8H,2H3;/q-1;. The van der Waals surface area contributed by atoms with Crippen LogP contribution < -0.4 is 0 Å². The summed E-state index contributed by atoms with van der Waals surface area (Å²) in [4.78, 5) is 3.36. The van der Waals surface area contributed by atoms with Gasteiger partial charge in [-0.25, -0.2) is 5.10 Å². The first kappa shape index (κ1) is 11.6. The van der Waals surface area contributed by atoms with Crippen molar-refractivity contribution in [3.05, 3.63) is 47.9 Å². The fourth-order valence-corrected chi connectivity index (χ4v) is 1.23. The monoisotopic (exact) mass is 375 g/mol. The molecule has 3 nitrogen and oxygen atoms in total. The molecule has 0 atom stereocenters. The smallest absolute Gasteiger partial charge is 0.108 e. The Bertz CT molecular complexity index is 497. The summed E-state index contributed by atoms with van der Waals surface area (Å²) < 4.78 is 1.73. The van der Waals surface area contributed by atoms with E-state index in [2.05, 4.69) is 16.0 Å². The maximum absolute atomic E-state index is 6.89. The van der Waals surface area contributed by atoms with Crippen LogP contribution in [0.25, 0.3) is 16.1 Å². The second kappa shape index (κ2) is 4.88. The molecule has 0 saturated heterocycles. The van der Waals surface area contributed by atoms with Crippen LogP contribution in [-0.4, -0.2) is 9.78 Å². The predicted octanol–water partition coefficient (Wildman–Crippen LogP) is 2.44. The zero-order valence-electron chi connectivity index (χ0n) is 8.06. The molecular formula is C11H8IrN3-. The summed E-state index contributed by atoms with van der Waals surface area (Å²) in [7, 11) is 1.86. The third kappa shape index (κ3) is 2.53. The average Bonchev–Trinajstić information content (AvgIpc) is 2.65. The van der Waals surface area contributed by atoms with Crippen LogP contribution in [-0.2, 0) is 27.2 Å². The number of nitrogens with zero attached hydrogens (tertiary/aromatic N) is 3. The summed E-state index contributed by atoms with van der Waals surface area (Å²) in [6.07, 6.45) is 1.87. The summed E-state index contributed by atoms with van der Waals surface area (Å²) in [6.45, 7) is 6.89. The Hall–Kier alpha value is -1.43. The second-order valence-corrected chi connectivity index (χ2v) is 2.95. The minimum atomic E-state index is 0. The molecule has 0 aliphatic heterocycles. The topological polar surface area (TPSA) is 22.2 Å². The van der Waals surface area contributed by atoms with E-state index < -0.39 is 0 Å². The molecule has 0 fully saturated rings. The number of aromatic nitrogens is 2. The number of aryl methyl sites for hydroxylation is 1. The molecule has 0 aliphatic rings. The molecule has 0 spiro atoms. The van der Waals surface area contributed by atoms with E-state index in [0.717, 1.165) is 11.3 Å². The zero-order chi connectivity index (χ0) is 9.97. The minimum Gasteiger partial charge on any atom is -0.285 e. The molecule has 1 aromatic heterocycles. The van der Waals surface area contributed by atoms with Crippen molar-refractivity contribution < 1.29 is 20.1 Å². The first-order valence-electron chi connectivity index (χ1n) is 4.19. The first-order valence-corrected chi connectivity index (χ1v) is 4.19. The zero-order valence-corrected chi connectivity index (χ0v) is 10.5. The van der Waals surface area contributed by atoms with Crippen LogP contribution in [0, 0.1) is 12.6 Å². The van der Waals surface area contributed by atoms with E-state index in [1.54, 1.807) is 22.9 Å². The Kier molecular flexibility index (Phi) is 3.79. The molecule has 0 N–H and O–H groups in total. The van der Waals surface area contributed by atoms with E-state index in [1.165, 1.54) is 0 Å². The Morgan fingerprint density at radius 2 is 2.27 bits per heavy atom. The van der Waals surface area contributed by atoms with Gasteiger partial charge in [0.05, 0.1) is 6.57 Å². The van der Waals surface area contributed by atoms with Crippen LogP contribution >= 0.6 is 0 Å². The summed E-state index contributed by atoms with van der Waals surface area (Å²) in [5.74, 6) is 0. The summed E-state index contributed by atoms with van der Waals surface area (Å²) in [6, 6.07) is 10.2. The number of benzene rings is 1. The van der Waals surface area contributed by atoms with Gasteiger partial charge in [-0.3, -0.25) is 9.53 Å². The van der Waals surface area contributed by atoms with E-state index in [1.807, 2.05) is 19.3 Å². The number of hydrogen-bond acceptors (Lipinski definition) is 1. The van der Waals surface area contributed by atoms with E-state index in [0.29, 0.717) is 5.69 Å². The van der Waals surface area contributed by atoms with Gasteiger partial charge in [0.25, 0.3) is 0 Å². The van der Waals surface area contributed by atoms with Crippen LogP contribution in [0.5, 0.6) is 0 Å². The fraction of sp³-hybridized carbons (Fsp3) is 0.0909. The van der Waals surface area contributed by atoms with Gasteiger partial charge in [-0.05, 0) is 0 Å². The molecule has 77 valence electrons. The van der Waals surface area contributed by atoms with E-state index in [-0.39, 0.29) is 20.1 Å². The largest absolute Gasteiger partial charge is 0.285 e. The van der Waals surface area contributed by atoms with E-state index in [9.17, 15) is 0 Å². The van der Waals surface area contributed by atoms with Gasteiger partial charge in [0.2, 0.25) is 0 Å². The Balaban J connectivity index is 0.00000112. The third-order valence-corrected chi connectivity index (χ3v) is 1.90. The van der Waals surface area contributed by atoms with E-state index >= 15 is 0 Å². The van der Waals surface area contributed by atoms with Gasteiger partial charge in [-0.2, -0.15) is 6.07 Å². The van der Waals surface area contributed by atoms with Crippen molar-refractivity contribution in [1.29, 1.82) is 0 Å². The van der Waals surface area contributed by atoms with Gasteiger partial charge >= 0.3 is 0 Å². The second-order valence-electron chi connectivity index (χ2n) is 2.95. The van der Waals surface area contributed by atoms with Crippen LogP contribution in [0.2, 0.25) is 0 Å². The molecule has 4 heteroatoms. The fourth-order valence-electron chi connectivity index (χ4n) is 1.23. The Labute approximate surface area is 102 Å². The van der Waals surface area contributed by atoms with Gasteiger partial charge in [0, 0.05) is 39.0 Å². The number of hydrogen-bond donors (Lipinski definition) is 0. The summed E-state index contributed by atoms with van der Waals surface area (Å²) >= 11 is 0. The molecule has 2 aromatic rings. The SMILES string of the molecule is [C-]#[N+]c1cc[c-]c(-c2ccn(C)n2)c1.[Ir]. The van der Waals surface area contributed by atoms with Gasteiger partial charge in [-0.1, -0.05) is 6.07 Å². The molecule has 0 amide bonds. The molecular weight excluding hydrogens is 366 g/mol. The maximum atomic E-state index is 6.89. The van der Waals surface area contributed by atoms with Crippen molar-refractivity contribution >= 4 is 5.69 Å². The molecule has 1 radical (unpaired) electrons. The van der Waals surface area contributed by atoms with Gasteiger partial charge in [0.1, 0.15) is 5.69 Å². The average molecular weight is 374 g/mol. The molecule has 0 bridgehead atoms. The van der Waals surface area contributed by atoms with Gasteiger partial charge < -0.3 is 0 Å². The van der Waals surface area contributed by atoms with Crippen molar-refractivity contribution in [3.8, 4) is 11.3 Å². The van der Waals surface area contributed by atoms with Crippen LogP contribution in [0.3, 0.4) is 0 Å². The molecule has 0 saturated carbocycles. The van der Waals surface area contributed by atoms with Crippen molar-refractivity contribution in [2.75, 3.05) is 0 Å². The molecule has 0 aliphatic carbocycles. The maximum Gasteiger partial charge on any atom is 0.108 e. The van der Waals surface area contributed by atoms with Crippen molar-refractivity contribution in [3.63, 3.8) is 0 Å². The molecule has 1 heterocycles. The van der Waals surface area contributed by atoms with E-state index in [4.69, 9.17) is 6.57 Å². The molecule has 15 heavy (non-hydrogen) atoms. The normalized spacial score (nSPS) is 9.07. The van der Waals surface area contributed by atoms with Gasteiger partial charge in [-0.15, -0.1) is 23.8 Å². The Morgan fingerprint density at radius 1 is 1.47 bits per heavy atom. The van der Waals surface area contributed by atoms with Crippen molar-refractivity contribution in [2.45, 2.75) is 0 Å². The third-order valence-electron chi connectivity index (χ3n) is 1.90. The predicted molar refractivity (Wildman–Crippen MR) is 53.7 cm³/mol. The Morgan fingerprint density at radius 3 is 2.87 bits per heavy atom. The van der Waals surface area contributed by atoms with Crippen LogP contribution in [0.1, 0.15) is 0 Å². The number of rotatable bonds is 1. The first-order chi connectivity index (χ1) is 6.79. The molecule has 0 unspecified atom stereocenters. The minimum absolute atomic E-state index is 0. The van der Waals surface area contributed by atoms with Crippen LogP contribution in [0.4, 0.5) is 5.69 Å². The van der Waals surface area contributed by atoms with Crippen LogP contribution in [0.15, 0.2) is 30.5 Å². The van der Waals surface area contributed by atoms with Crippen molar-refractivity contribution in [2.24, 2.45) is 7.05 Å². The quantitative estimate of drug-likeness (QED) is 0.703. The molecule has 1 aromatic carbocycles. The molecule has 2 rings (SSSR count). The van der Waals surface area contributed by atoms with Crippen molar-refractivity contribution in [1.82, 2.24) is 9.78 Å².